The molecule has 0 rings (SSSR count). The van der Waals surface area contributed by atoms with Crippen LogP contribution < -0.4 is 5.32 Å². The molecule has 2 atom stereocenters. The highest BCUT2D eigenvalue weighted by Crippen LogP contribution is 2.39. The molecular weight excluding hydrogens is 613 g/mol. The average molecular weight is 655 g/mol. The summed E-state index contributed by atoms with van der Waals surface area (Å²) in [5.41, 5.74) is 0. The third-order valence-electron chi connectivity index (χ3n) is 6.08. The van der Waals surface area contributed by atoms with E-state index in [0.29, 0.717) is 24.9 Å². The molecule has 0 aliphatic rings. The summed E-state index contributed by atoms with van der Waals surface area (Å²) < 4.78 is 125. The highest BCUT2D eigenvalue weighted by atomic mass is 28.4. The maximum Gasteiger partial charge on any atom is 0.525 e. The van der Waals surface area contributed by atoms with Crippen LogP contribution in [0.3, 0.4) is 0 Å². The number of alkyl halides is 7. The molecule has 41 heavy (non-hydrogen) atoms. The summed E-state index contributed by atoms with van der Waals surface area (Å²) in [6.07, 6.45) is -12.5. The van der Waals surface area contributed by atoms with Crippen LogP contribution in [0.2, 0.25) is 18.6 Å². The first-order valence-corrected chi connectivity index (χ1v) is 16.9. The van der Waals surface area contributed by atoms with E-state index in [1.807, 2.05) is 6.55 Å². The van der Waals surface area contributed by atoms with Gasteiger partial charge in [0.2, 0.25) is 0 Å². The lowest BCUT2D eigenvalue weighted by Crippen LogP contribution is -2.58. The zero-order valence-electron chi connectivity index (χ0n) is 24.0. The average Bonchev–Trinajstić information content (AvgIpc) is 2.89. The van der Waals surface area contributed by atoms with Crippen molar-refractivity contribution in [1.29, 1.82) is 0 Å². The molecule has 0 fully saturated rings. The van der Waals surface area contributed by atoms with E-state index in [0.717, 1.165) is 0 Å². The summed E-state index contributed by atoms with van der Waals surface area (Å²) in [5, 5.41) is 11.9. The second-order valence-electron chi connectivity index (χ2n) is 8.97. The molecule has 0 bridgehead atoms. The fourth-order valence-electron chi connectivity index (χ4n) is 3.56. The van der Waals surface area contributed by atoms with Gasteiger partial charge in [-0.15, -0.1) is 13.2 Å². The molecule has 0 aliphatic heterocycles. The summed E-state index contributed by atoms with van der Waals surface area (Å²) in [5.74, 6) is -8.31. The van der Waals surface area contributed by atoms with E-state index >= 15 is 0 Å². The first-order chi connectivity index (χ1) is 18.9. The molecule has 0 aromatic heterocycles. The molecule has 1 amide bonds. The van der Waals surface area contributed by atoms with Crippen molar-refractivity contribution in [1.82, 2.24) is 10.2 Å². The fraction of sp³-hybridized carbons (Fsp3) is 0.952. The first kappa shape index (κ1) is 40.1. The molecule has 0 saturated heterocycles. The Hall–Kier alpha value is -0.946. The number of carbonyl (C=O) groups is 1. The minimum atomic E-state index is -6.30. The number of amides is 1. The van der Waals surface area contributed by atoms with Gasteiger partial charge in [-0.05, 0) is 32.0 Å². The standard InChI is InChI=1S/C21H41F7N2O9Si2/c1-33-40(6,34-2)13-8-12-38-16-17(31)15-30(10-7-14-41(35-3,36-4)37-5)11-9-29-18(32)19(22,20(23,24)25)39-21(26,27)28/h17,31H,7-16H2,1-6H3,(H,29,32). The van der Waals surface area contributed by atoms with Crippen LogP contribution in [0.15, 0.2) is 0 Å². The lowest BCUT2D eigenvalue weighted by atomic mass is 10.2. The number of nitrogens with zero attached hydrogens (tertiary/aromatic N) is 1. The van der Waals surface area contributed by atoms with E-state index in [4.69, 9.17) is 26.9 Å². The van der Waals surface area contributed by atoms with Crippen molar-refractivity contribution in [3.8, 4) is 0 Å². The van der Waals surface area contributed by atoms with Crippen LogP contribution in [0.4, 0.5) is 30.7 Å². The number of hydrogen-bond acceptors (Lipinski definition) is 10. The number of hydrogen-bond donors (Lipinski definition) is 2. The topological polar surface area (TPSA) is 117 Å². The molecule has 11 nitrogen and oxygen atoms in total. The maximum atomic E-state index is 14.1. The van der Waals surface area contributed by atoms with Gasteiger partial charge >= 0.3 is 35.8 Å². The van der Waals surface area contributed by atoms with Gasteiger partial charge in [0, 0.05) is 67.8 Å². The van der Waals surface area contributed by atoms with Gasteiger partial charge in [-0.1, -0.05) is 0 Å². The van der Waals surface area contributed by atoms with E-state index in [1.54, 1.807) is 14.2 Å². The molecule has 2 unspecified atom stereocenters. The minimum absolute atomic E-state index is 0.0981. The lowest BCUT2D eigenvalue weighted by Gasteiger charge is -2.29. The van der Waals surface area contributed by atoms with Gasteiger partial charge in [0.25, 0.3) is 5.91 Å². The van der Waals surface area contributed by atoms with Crippen LogP contribution in [0.1, 0.15) is 12.8 Å². The monoisotopic (exact) mass is 654 g/mol. The van der Waals surface area contributed by atoms with Crippen LogP contribution in [0.5, 0.6) is 0 Å². The predicted octanol–water partition coefficient (Wildman–Crippen LogP) is 2.57. The molecule has 246 valence electrons. The number of nitrogens with one attached hydrogen (secondary N) is 1. The molecule has 0 aliphatic carbocycles. The molecule has 0 saturated carbocycles. The van der Waals surface area contributed by atoms with Gasteiger partial charge in [0.1, 0.15) is 0 Å². The van der Waals surface area contributed by atoms with E-state index in [2.05, 4.69) is 4.74 Å². The van der Waals surface area contributed by atoms with Crippen molar-refractivity contribution >= 4 is 23.3 Å². The third-order valence-corrected chi connectivity index (χ3v) is 11.9. The van der Waals surface area contributed by atoms with E-state index in [1.165, 1.54) is 31.5 Å². The minimum Gasteiger partial charge on any atom is -0.398 e. The Kier molecular flexibility index (Phi) is 17.6. The van der Waals surface area contributed by atoms with Gasteiger partial charge in [-0.25, -0.2) is 4.74 Å². The van der Waals surface area contributed by atoms with Crippen molar-refractivity contribution in [2.45, 2.75) is 56.0 Å². The second kappa shape index (κ2) is 18.0. The number of carbonyl (C=O) groups excluding carboxylic acids is 1. The van der Waals surface area contributed by atoms with Crippen LogP contribution in [-0.4, -0.2) is 133 Å². The van der Waals surface area contributed by atoms with Gasteiger partial charge in [-0.2, -0.15) is 17.6 Å². The van der Waals surface area contributed by atoms with Crippen LogP contribution in [0.25, 0.3) is 0 Å². The molecule has 0 heterocycles. The molecule has 0 aromatic rings. The SMILES string of the molecule is CO[Si](C)(CCCOCC(O)CN(CCC[Si](OC)(OC)OC)CCNC(=O)C(F)(OC(F)(F)F)C(F)(F)F)OC. The lowest BCUT2D eigenvalue weighted by molar-refractivity contribution is -0.432. The molecule has 0 radical (unpaired) electrons. The van der Waals surface area contributed by atoms with Crippen molar-refractivity contribution in [3.05, 3.63) is 0 Å². The summed E-state index contributed by atoms with van der Waals surface area (Å²) in [6, 6.07) is 0.937. The molecular formula is C21H41F7N2O9Si2. The number of rotatable bonds is 22. The Morgan fingerprint density at radius 3 is 1.90 bits per heavy atom. The summed E-state index contributed by atoms with van der Waals surface area (Å²) in [4.78, 5) is 13.3. The first-order valence-electron chi connectivity index (χ1n) is 12.4. The number of aliphatic hydroxyl groups excluding tert-OH is 1. The van der Waals surface area contributed by atoms with Crippen molar-refractivity contribution in [2.24, 2.45) is 0 Å². The largest absolute Gasteiger partial charge is 0.525 e. The van der Waals surface area contributed by atoms with Crippen LogP contribution >= 0.6 is 0 Å². The van der Waals surface area contributed by atoms with Gasteiger partial charge in [0.15, 0.2) is 0 Å². The molecule has 0 spiro atoms. The normalized spacial score (nSPS) is 15.7. The van der Waals surface area contributed by atoms with Gasteiger partial charge < -0.3 is 37.3 Å². The second-order valence-corrected chi connectivity index (χ2v) is 15.6. The Balaban J connectivity index is 5.21. The smallest absolute Gasteiger partial charge is 0.398 e. The van der Waals surface area contributed by atoms with Crippen LogP contribution in [0, 0.1) is 0 Å². The number of ether oxygens (including phenoxy) is 2. The Morgan fingerprint density at radius 2 is 1.44 bits per heavy atom. The summed E-state index contributed by atoms with van der Waals surface area (Å²) >= 11 is 0. The van der Waals surface area contributed by atoms with Gasteiger partial charge in [-0.3, -0.25) is 9.69 Å². The molecule has 0 aromatic carbocycles. The van der Waals surface area contributed by atoms with Crippen molar-refractivity contribution in [3.63, 3.8) is 0 Å². The summed E-state index contributed by atoms with van der Waals surface area (Å²) in [6.45, 7) is 1.14. The zero-order valence-corrected chi connectivity index (χ0v) is 26.0. The van der Waals surface area contributed by atoms with E-state index in [-0.39, 0.29) is 32.8 Å². The predicted molar refractivity (Wildman–Crippen MR) is 135 cm³/mol. The highest BCUT2D eigenvalue weighted by molar-refractivity contribution is 6.65. The quantitative estimate of drug-likeness (QED) is 0.103. The van der Waals surface area contributed by atoms with Gasteiger partial charge in [0.05, 0.1) is 12.7 Å². The summed E-state index contributed by atoms with van der Waals surface area (Å²) in [7, 11) is 2.01. The third kappa shape index (κ3) is 14.4. The Labute approximate surface area is 237 Å². The Bertz CT molecular complexity index is 741. The van der Waals surface area contributed by atoms with Crippen molar-refractivity contribution < 1.29 is 72.2 Å². The molecule has 20 heteroatoms. The van der Waals surface area contributed by atoms with Crippen molar-refractivity contribution in [2.75, 3.05) is 74.9 Å². The number of halogens is 7. The maximum absolute atomic E-state index is 14.1. The van der Waals surface area contributed by atoms with Crippen LogP contribution in [-0.2, 0) is 36.4 Å². The van der Waals surface area contributed by atoms with E-state index < -0.39 is 54.3 Å². The zero-order chi connectivity index (χ0) is 32.0. The molecule has 2 N–H and O–H groups in total. The fourth-order valence-corrected chi connectivity index (χ4v) is 6.62. The highest BCUT2D eigenvalue weighted by Gasteiger charge is 2.68. The number of aliphatic hydroxyl groups is 1. The van der Waals surface area contributed by atoms with E-state index in [9.17, 15) is 40.6 Å². The Morgan fingerprint density at radius 1 is 0.878 bits per heavy atom.